The normalized spacial score (nSPS) is 13.0. The lowest BCUT2D eigenvalue weighted by atomic mass is 9.87. The molecule has 0 saturated carbocycles. The molecule has 0 aromatic heterocycles. The summed E-state index contributed by atoms with van der Waals surface area (Å²) < 4.78 is 0. The van der Waals surface area contributed by atoms with Crippen LogP contribution in [-0.4, -0.2) is 28.2 Å². The standard InChI is InChI=1S/C42H58N4/c1-27(2)35-15-13-16-36(28(3)4)41(35)43-39(31-19-23-33(24-20-31)45(9)10)40(32-21-25-34(26-22-32)46(11)12)44-42-37(29(5)6)17-14-18-38(42)30(7)8/h13-30,39-40,43-44H,1-12H3/t39-,40-/m0/s1. The lowest BCUT2D eigenvalue weighted by Crippen LogP contribution is -2.28. The molecule has 0 aliphatic carbocycles. The monoisotopic (exact) mass is 618 g/mol. The first-order chi connectivity index (χ1) is 21.8. The fraction of sp³-hybridized carbons (Fsp3) is 0.429. The van der Waals surface area contributed by atoms with E-state index in [0.717, 1.165) is 0 Å². The maximum atomic E-state index is 4.21. The van der Waals surface area contributed by atoms with E-state index in [1.165, 1.54) is 56.1 Å². The van der Waals surface area contributed by atoms with Crippen LogP contribution < -0.4 is 20.4 Å². The highest BCUT2D eigenvalue weighted by Gasteiger charge is 2.29. The lowest BCUT2D eigenvalue weighted by Gasteiger charge is -2.35. The molecule has 0 bridgehead atoms. The van der Waals surface area contributed by atoms with Crippen LogP contribution in [0.4, 0.5) is 22.7 Å². The topological polar surface area (TPSA) is 30.5 Å². The number of nitrogens with zero attached hydrogens (tertiary/aromatic N) is 2. The SMILES string of the molecule is CC(C)c1cccc(C(C)C)c1N[C@@H](c1ccc(N(C)C)cc1)[C@@H](Nc1c(C(C)C)cccc1C(C)C)c1ccc(N(C)C)cc1. The fourth-order valence-corrected chi connectivity index (χ4v) is 6.42. The highest BCUT2D eigenvalue weighted by atomic mass is 15.1. The van der Waals surface area contributed by atoms with Gasteiger partial charge in [-0.15, -0.1) is 0 Å². The molecule has 0 radical (unpaired) electrons. The van der Waals surface area contributed by atoms with Gasteiger partial charge in [-0.3, -0.25) is 0 Å². The molecule has 4 aromatic rings. The van der Waals surface area contributed by atoms with Crippen molar-refractivity contribution in [1.82, 2.24) is 0 Å². The molecule has 2 atom stereocenters. The van der Waals surface area contributed by atoms with Crippen LogP contribution in [0.1, 0.15) is 125 Å². The Bertz CT molecular complexity index is 1370. The Hall–Kier alpha value is -3.92. The van der Waals surface area contributed by atoms with Crippen LogP contribution in [0, 0.1) is 0 Å². The third kappa shape index (κ3) is 7.89. The Morgan fingerprint density at radius 3 is 0.870 bits per heavy atom. The van der Waals surface area contributed by atoms with Crippen molar-refractivity contribution in [2.24, 2.45) is 0 Å². The first kappa shape index (κ1) is 34.9. The Morgan fingerprint density at radius 2 is 0.652 bits per heavy atom. The molecule has 4 rings (SSSR count). The summed E-state index contributed by atoms with van der Waals surface area (Å²) >= 11 is 0. The number of rotatable bonds is 13. The van der Waals surface area contributed by atoms with E-state index in [0.29, 0.717) is 23.7 Å². The van der Waals surface area contributed by atoms with Crippen molar-refractivity contribution in [2.75, 3.05) is 48.6 Å². The van der Waals surface area contributed by atoms with Crippen molar-refractivity contribution in [3.8, 4) is 0 Å². The fourth-order valence-electron chi connectivity index (χ4n) is 6.42. The van der Waals surface area contributed by atoms with Crippen molar-refractivity contribution in [3.63, 3.8) is 0 Å². The number of benzene rings is 4. The highest BCUT2D eigenvalue weighted by molar-refractivity contribution is 5.65. The van der Waals surface area contributed by atoms with Crippen LogP contribution in [0.15, 0.2) is 84.9 Å². The second kappa shape index (κ2) is 15.1. The molecule has 0 unspecified atom stereocenters. The van der Waals surface area contributed by atoms with E-state index < -0.39 is 0 Å². The number of anilines is 4. The maximum Gasteiger partial charge on any atom is 0.0757 e. The molecule has 0 heterocycles. The zero-order valence-corrected chi connectivity index (χ0v) is 30.4. The summed E-state index contributed by atoms with van der Waals surface area (Å²) in [6.45, 7) is 18.4. The molecule has 46 heavy (non-hydrogen) atoms. The molecule has 0 spiro atoms. The van der Waals surface area contributed by atoms with Gasteiger partial charge in [0.2, 0.25) is 0 Å². The molecule has 0 amide bonds. The van der Waals surface area contributed by atoms with Gasteiger partial charge >= 0.3 is 0 Å². The van der Waals surface area contributed by atoms with Crippen molar-refractivity contribution < 1.29 is 0 Å². The summed E-state index contributed by atoms with van der Waals surface area (Å²) in [7, 11) is 8.41. The van der Waals surface area contributed by atoms with Crippen LogP contribution in [0.2, 0.25) is 0 Å². The van der Waals surface area contributed by atoms with Crippen molar-refractivity contribution in [2.45, 2.75) is 91.1 Å². The molecule has 0 aliphatic rings. The summed E-state index contributed by atoms with van der Waals surface area (Å²) in [5.74, 6) is 1.55. The third-order valence-electron chi connectivity index (χ3n) is 9.22. The Balaban J connectivity index is 2.01. The van der Waals surface area contributed by atoms with Gasteiger partial charge in [0.15, 0.2) is 0 Å². The minimum absolute atomic E-state index is 0.0564. The zero-order chi connectivity index (χ0) is 33.7. The summed E-state index contributed by atoms with van der Waals surface area (Å²) in [4.78, 5) is 4.33. The number of hydrogen-bond acceptors (Lipinski definition) is 4. The molecule has 2 N–H and O–H groups in total. The molecular weight excluding hydrogens is 560 g/mol. The smallest absolute Gasteiger partial charge is 0.0757 e. The van der Waals surface area contributed by atoms with Gasteiger partial charge in [-0.05, 0) is 81.3 Å². The first-order valence-corrected chi connectivity index (χ1v) is 17.1. The second-order valence-corrected chi connectivity index (χ2v) is 14.5. The van der Waals surface area contributed by atoms with Crippen molar-refractivity contribution in [3.05, 3.63) is 118 Å². The minimum Gasteiger partial charge on any atom is -0.378 e. The van der Waals surface area contributed by atoms with Gasteiger partial charge in [0, 0.05) is 50.9 Å². The molecular formula is C42H58N4. The predicted octanol–water partition coefficient (Wildman–Crippen LogP) is 11.3. The van der Waals surface area contributed by atoms with Crippen LogP contribution >= 0.6 is 0 Å². The summed E-state index contributed by atoms with van der Waals surface area (Å²) in [6, 6.07) is 31.7. The second-order valence-electron chi connectivity index (χ2n) is 14.5. The number of nitrogens with one attached hydrogen (secondary N) is 2. The molecule has 4 nitrogen and oxygen atoms in total. The Labute approximate surface area is 280 Å². The van der Waals surface area contributed by atoms with Gasteiger partial charge in [-0.25, -0.2) is 0 Å². The molecule has 0 fully saturated rings. The summed E-state index contributed by atoms with van der Waals surface area (Å²) in [5.41, 5.74) is 12.8. The molecule has 4 heteroatoms. The highest BCUT2D eigenvalue weighted by Crippen LogP contribution is 2.43. The summed E-state index contributed by atoms with van der Waals surface area (Å²) in [6.07, 6.45) is 0. The van der Waals surface area contributed by atoms with E-state index in [1.54, 1.807) is 0 Å². The average molecular weight is 619 g/mol. The first-order valence-electron chi connectivity index (χ1n) is 17.1. The molecule has 0 saturated heterocycles. The Kier molecular flexibility index (Phi) is 11.5. The predicted molar refractivity (Wildman–Crippen MR) is 204 cm³/mol. The van der Waals surface area contributed by atoms with Crippen LogP contribution in [-0.2, 0) is 0 Å². The largest absolute Gasteiger partial charge is 0.378 e. The van der Waals surface area contributed by atoms with E-state index in [1.807, 2.05) is 0 Å². The van der Waals surface area contributed by atoms with Gasteiger partial charge in [0.25, 0.3) is 0 Å². The van der Waals surface area contributed by atoms with Crippen LogP contribution in [0.5, 0.6) is 0 Å². The Morgan fingerprint density at radius 1 is 0.391 bits per heavy atom. The van der Waals surface area contributed by atoms with Gasteiger partial charge < -0.3 is 20.4 Å². The average Bonchev–Trinajstić information content (AvgIpc) is 3.02. The van der Waals surface area contributed by atoms with Crippen molar-refractivity contribution >= 4 is 22.7 Å². The quantitative estimate of drug-likeness (QED) is 0.156. The molecule has 4 aromatic carbocycles. The van der Waals surface area contributed by atoms with E-state index in [9.17, 15) is 0 Å². The van der Waals surface area contributed by atoms with Gasteiger partial charge in [-0.2, -0.15) is 0 Å². The summed E-state index contributed by atoms with van der Waals surface area (Å²) in [5, 5.41) is 8.42. The number of hydrogen-bond donors (Lipinski definition) is 2. The van der Waals surface area contributed by atoms with E-state index >= 15 is 0 Å². The molecule has 246 valence electrons. The van der Waals surface area contributed by atoms with Crippen LogP contribution in [0.3, 0.4) is 0 Å². The van der Waals surface area contributed by atoms with Gasteiger partial charge in [0.05, 0.1) is 12.1 Å². The van der Waals surface area contributed by atoms with Crippen LogP contribution in [0.25, 0.3) is 0 Å². The maximum absolute atomic E-state index is 4.21. The van der Waals surface area contributed by atoms with Crippen molar-refractivity contribution in [1.29, 1.82) is 0 Å². The van der Waals surface area contributed by atoms with Gasteiger partial charge in [0.1, 0.15) is 0 Å². The lowest BCUT2D eigenvalue weighted by molar-refractivity contribution is 0.641. The zero-order valence-electron chi connectivity index (χ0n) is 30.4. The van der Waals surface area contributed by atoms with E-state index in [2.05, 4.69) is 189 Å². The minimum atomic E-state index is -0.0564. The molecule has 0 aliphatic heterocycles. The van der Waals surface area contributed by atoms with Gasteiger partial charge in [-0.1, -0.05) is 116 Å². The number of para-hydroxylation sites is 2. The van der Waals surface area contributed by atoms with E-state index in [-0.39, 0.29) is 12.1 Å². The van der Waals surface area contributed by atoms with E-state index in [4.69, 9.17) is 0 Å². The third-order valence-corrected chi connectivity index (χ3v) is 9.22.